The molecule has 0 bridgehead atoms. The molecule has 0 saturated carbocycles. The molecule has 1 unspecified atom stereocenters. The Bertz CT molecular complexity index is 635. The van der Waals surface area contributed by atoms with Crippen LogP contribution in [0.4, 0.5) is 0 Å². The molecule has 0 heterocycles. The zero-order valence-corrected chi connectivity index (χ0v) is 14.2. The average molecular weight is 408 g/mol. The van der Waals surface area contributed by atoms with Gasteiger partial charge in [0, 0.05) is 16.4 Å². The largest absolute Gasteiger partial charge is 0.481 e. The molecule has 3 nitrogen and oxygen atoms in total. The molecule has 0 aliphatic heterocycles. The number of halogens is 1. The van der Waals surface area contributed by atoms with Gasteiger partial charge in [0.2, 0.25) is 0 Å². The number of ketones is 1. The zero-order valence-electron chi connectivity index (χ0n) is 12.0. The number of carboxylic acid groups (broad SMARTS) is 1. The molecule has 2 aromatic carbocycles. The highest BCUT2D eigenvalue weighted by Gasteiger charge is 2.21. The van der Waals surface area contributed by atoms with E-state index in [9.17, 15) is 14.7 Å². The quantitative estimate of drug-likeness (QED) is 0.711. The van der Waals surface area contributed by atoms with Crippen LogP contribution in [-0.2, 0) is 22.4 Å². The Hall–Kier alpha value is -1.69. The second-order valence-corrected chi connectivity index (χ2v) is 6.52. The Morgan fingerprint density at radius 1 is 0.955 bits per heavy atom. The van der Waals surface area contributed by atoms with E-state index in [4.69, 9.17) is 0 Å². The number of aliphatic carboxylic acids is 1. The Kier molecular flexibility index (Phi) is 6.12. The second kappa shape index (κ2) is 8.08. The maximum Gasteiger partial charge on any atom is 0.307 e. The number of carbonyl (C=O) groups excluding carboxylic acids is 1. The number of hydrogen-bond donors (Lipinski definition) is 1. The lowest BCUT2D eigenvalue weighted by molar-refractivity contribution is -0.143. The first kappa shape index (κ1) is 16.7. The molecule has 0 aromatic heterocycles. The Balaban J connectivity index is 1.97. The van der Waals surface area contributed by atoms with E-state index in [1.54, 1.807) is 0 Å². The van der Waals surface area contributed by atoms with E-state index in [1.165, 1.54) is 0 Å². The lowest BCUT2D eigenvalue weighted by Gasteiger charge is -2.12. The minimum atomic E-state index is -0.917. The van der Waals surface area contributed by atoms with E-state index in [1.807, 2.05) is 54.6 Å². The maximum atomic E-state index is 12.1. The Morgan fingerprint density at radius 2 is 1.59 bits per heavy atom. The fourth-order valence-electron chi connectivity index (χ4n) is 2.32. The first-order valence-corrected chi connectivity index (χ1v) is 8.15. The molecule has 0 aliphatic rings. The van der Waals surface area contributed by atoms with E-state index in [2.05, 4.69) is 22.6 Å². The predicted molar refractivity (Wildman–Crippen MR) is 93.8 cm³/mol. The fraction of sp³-hybridized carbons (Fsp3) is 0.222. The summed E-state index contributed by atoms with van der Waals surface area (Å²) in [5.74, 6) is -1.62. The van der Waals surface area contributed by atoms with E-state index in [-0.39, 0.29) is 18.6 Å². The van der Waals surface area contributed by atoms with Gasteiger partial charge in [-0.2, -0.15) is 0 Å². The minimum absolute atomic E-state index is 0.0375. The summed E-state index contributed by atoms with van der Waals surface area (Å²) in [5.41, 5.74) is 1.87. The van der Waals surface area contributed by atoms with Crippen molar-refractivity contribution in [2.24, 2.45) is 5.92 Å². The molecular weight excluding hydrogens is 391 g/mol. The molecule has 2 rings (SSSR count). The first-order chi connectivity index (χ1) is 10.5. The van der Waals surface area contributed by atoms with Crippen LogP contribution in [0.2, 0.25) is 0 Å². The van der Waals surface area contributed by atoms with Gasteiger partial charge in [0.1, 0.15) is 5.78 Å². The smallest absolute Gasteiger partial charge is 0.307 e. The van der Waals surface area contributed by atoms with Crippen LogP contribution < -0.4 is 0 Å². The first-order valence-electron chi connectivity index (χ1n) is 7.07. The zero-order chi connectivity index (χ0) is 15.9. The predicted octanol–water partition coefficient (Wildman–Crippen LogP) is 3.74. The molecule has 0 saturated heterocycles. The van der Waals surface area contributed by atoms with Crippen LogP contribution in [0.1, 0.15) is 17.5 Å². The summed E-state index contributed by atoms with van der Waals surface area (Å²) in [6.07, 6.45) is 0.736. The highest BCUT2D eigenvalue weighted by Crippen LogP contribution is 2.15. The van der Waals surface area contributed by atoms with Crippen molar-refractivity contribution in [2.75, 3.05) is 0 Å². The molecular formula is C18H17IO3. The molecule has 2 aromatic rings. The van der Waals surface area contributed by atoms with E-state index >= 15 is 0 Å². The van der Waals surface area contributed by atoms with E-state index in [0.29, 0.717) is 6.42 Å². The molecule has 0 aliphatic carbocycles. The molecule has 22 heavy (non-hydrogen) atoms. The van der Waals surface area contributed by atoms with Gasteiger partial charge < -0.3 is 5.11 Å². The number of carbonyl (C=O) groups is 2. The van der Waals surface area contributed by atoms with Crippen LogP contribution in [0.3, 0.4) is 0 Å². The average Bonchev–Trinajstić information content (AvgIpc) is 2.50. The summed E-state index contributed by atoms with van der Waals surface area (Å²) in [5, 5.41) is 9.33. The summed E-state index contributed by atoms with van der Waals surface area (Å²) < 4.78 is 1.11. The van der Waals surface area contributed by atoms with Gasteiger partial charge in [-0.25, -0.2) is 0 Å². The minimum Gasteiger partial charge on any atom is -0.481 e. The second-order valence-electron chi connectivity index (χ2n) is 5.27. The van der Waals surface area contributed by atoms with E-state index in [0.717, 1.165) is 14.7 Å². The number of benzene rings is 2. The van der Waals surface area contributed by atoms with Crippen molar-refractivity contribution in [3.63, 3.8) is 0 Å². The summed E-state index contributed by atoms with van der Waals surface area (Å²) in [6, 6.07) is 17.1. The fourth-order valence-corrected chi connectivity index (χ4v) is 2.68. The molecule has 0 spiro atoms. The van der Waals surface area contributed by atoms with Crippen LogP contribution in [0.5, 0.6) is 0 Å². The number of carboxylic acids is 1. The van der Waals surface area contributed by atoms with Crippen LogP contribution in [-0.4, -0.2) is 16.9 Å². The van der Waals surface area contributed by atoms with Crippen molar-refractivity contribution >= 4 is 34.3 Å². The van der Waals surface area contributed by atoms with Crippen LogP contribution in [0.15, 0.2) is 54.6 Å². The topological polar surface area (TPSA) is 54.4 Å². The summed E-state index contributed by atoms with van der Waals surface area (Å²) >= 11 is 2.21. The normalized spacial score (nSPS) is 11.9. The third kappa shape index (κ3) is 5.26. The van der Waals surface area contributed by atoms with Gasteiger partial charge in [0.15, 0.2) is 0 Å². The molecule has 0 amide bonds. The van der Waals surface area contributed by atoms with Crippen molar-refractivity contribution in [3.8, 4) is 0 Å². The molecule has 0 fully saturated rings. The third-order valence-electron chi connectivity index (χ3n) is 3.46. The molecule has 0 radical (unpaired) electrons. The van der Waals surface area contributed by atoms with Crippen molar-refractivity contribution in [1.82, 2.24) is 0 Å². The lowest BCUT2D eigenvalue weighted by atomic mass is 9.92. The van der Waals surface area contributed by atoms with Crippen molar-refractivity contribution in [2.45, 2.75) is 19.3 Å². The van der Waals surface area contributed by atoms with Crippen molar-refractivity contribution in [1.29, 1.82) is 0 Å². The molecule has 4 heteroatoms. The van der Waals surface area contributed by atoms with Crippen LogP contribution in [0, 0.1) is 9.49 Å². The summed E-state index contributed by atoms with van der Waals surface area (Å²) in [6.45, 7) is 0. The van der Waals surface area contributed by atoms with Gasteiger partial charge in [-0.1, -0.05) is 42.5 Å². The number of Topliss-reactive ketones (excluding diaryl/α,β-unsaturated/α-hetero) is 1. The lowest BCUT2D eigenvalue weighted by Crippen LogP contribution is -2.21. The highest BCUT2D eigenvalue weighted by molar-refractivity contribution is 14.1. The van der Waals surface area contributed by atoms with Gasteiger partial charge in [-0.05, 0) is 52.3 Å². The SMILES string of the molecule is O=C(Cc1ccc(I)cc1)CC(Cc1ccccc1)C(=O)O. The number of rotatable bonds is 7. The number of hydrogen-bond acceptors (Lipinski definition) is 2. The summed E-state index contributed by atoms with van der Waals surface area (Å²) in [4.78, 5) is 23.5. The summed E-state index contributed by atoms with van der Waals surface area (Å²) in [7, 11) is 0. The molecule has 1 atom stereocenters. The molecule has 1 N–H and O–H groups in total. The Morgan fingerprint density at radius 3 is 2.18 bits per heavy atom. The van der Waals surface area contributed by atoms with Crippen LogP contribution in [0.25, 0.3) is 0 Å². The van der Waals surface area contributed by atoms with Crippen molar-refractivity contribution < 1.29 is 14.7 Å². The molecule has 114 valence electrons. The van der Waals surface area contributed by atoms with Crippen molar-refractivity contribution in [3.05, 3.63) is 69.3 Å². The maximum absolute atomic E-state index is 12.1. The van der Waals surface area contributed by atoms with E-state index < -0.39 is 11.9 Å². The Labute approximate surface area is 143 Å². The highest BCUT2D eigenvalue weighted by atomic mass is 127. The van der Waals surface area contributed by atoms with Gasteiger partial charge in [0.05, 0.1) is 5.92 Å². The monoisotopic (exact) mass is 408 g/mol. The third-order valence-corrected chi connectivity index (χ3v) is 4.18. The van der Waals surface area contributed by atoms with Gasteiger partial charge in [0.25, 0.3) is 0 Å². The van der Waals surface area contributed by atoms with Crippen LogP contribution >= 0.6 is 22.6 Å². The van der Waals surface area contributed by atoms with Gasteiger partial charge >= 0.3 is 5.97 Å². The standard InChI is InChI=1S/C18H17IO3/c19-16-8-6-14(7-9-16)11-17(20)12-15(18(21)22)10-13-4-2-1-3-5-13/h1-9,15H,10-12H2,(H,21,22). The van der Waals surface area contributed by atoms with Gasteiger partial charge in [-0.3, -0.25) is 9.59 Å². The van der Waals surface area contributed by atoms with Gasteiger partial charge in [-0.15, -0.1) is 0 Å².